The summed E-state index contributed by atoms with van der Waals surface area (Å²) < 4.78 is 27.8. The smallest absolute Gasteiger partial charge is 0.244 e. The molecule has 1 heterocycles. The van der Waals surface area contributed by atoms with Crippen LogP contribution in [-0.2, 0) is 10.0 Å². The average molecular weight is 363 g/mol. The molecular formula is C22H21NO2S. The topological polar surface area (TPSA) is 37.4 Å². The zero-order valence-electron chi connectivity index (χ0n) is 14.7. The number of nitrogens with zero attached hydrogens (tertiary/aromatic N) is 1. The number of benzene rings is 2. The summed E-state index contributed by atoms with van der Waals surface area (Å²) in [7, 11) is -3.58. The van der Waals surface area contributed by atoms with Gasteiger partial charge in [-0.3, -0.25) is 4.31 Å². The molecule has 0 fully saturated rings. The number of anilines is 1. The number of rotatable bonds is 3. The summed E-state index contributed by atoms with van der Waals surface area (Å²) in [6.07, 6.45) is 10.0. The van der Waals surface area contributed by atoms with Crippen molar-refractivity contribution < 1.29 is 8.42 Å². The molecular weight excluding hydrogens is 342 g/mol. The molecule has 3 nitrogen and oxygen atoms in total. The Labute approximate surface area is 155 Å². The second kappa shape index (κ2) is 6.29. The molecule has 0 radical (unpaired) electrons. The van der Waals surface area contributed by atoms with Crippen LogP contribution >= 0.6 is 0 Å². The Balaban J connectivity index is 1.72. The lowest BCUT2D eigenvalue weighted by Gasteiger charge is -2.37. The minimum absolute atomic E-state index is 0.368. The van der Waals surface area contributed by atoms with Gasteiger partial charge in [-0.1, -0.05) is 78.9 Å². The molecule has 0 amide bonds. The van der Waals surface area contributed by atoms with Crippen LogP contribution in [0.15, 0.2) is 78.9 Å². The van der Waals surface area contributed by atoms with Gasteiger partial charge in [0.05, 0.1) is 12.2 Å². The standard InChI is InChI=1S/C22H21NO2S/c1-22(15-7-12-20(17-22)18-9-3-2-4-10-18)26(24,25)23-16-8-13-19-11-5-6-14-21(19)23/h2-15H,16-17H2,1H3. The lowest BCUT2D eigenvalue weighted by Crippen LogP contribution is -2.47. The Kier molecular flexibility index (Phi) is 4.08. The van der Waals surface area contributed by atoms with Crippen molar-refractivity contribution in [3.05, 3.63) is 90.0 Å². The lowest BCUT2D eigenvalue weighted by molar-refractivity contribution is 0.560. The first-order chi connectivity index (χ1) is 12.5. The van der Waals surface area contributed by atoms with Gasteiger partial charge in [-0.25, -0.2) is 8.42 Å². The lowest BCUT2D eigenvalue weighted by atomic mass is 9.90. The highest BCUT2D eigenvalue weighted by atomic mass is 32.2. The molecule has 1 aliphatic carbocycles. The zero-order chi connectivity index (χ0) is 18.2. The van der Waals surface area contributed by atoms with Crippen molar-refractivity contribution in [1.82, 2.24) is 0 Å². The number of hydrogen-bond donors (Lipinski definition) is 0. The Morgan fingerprint density at radius 3 is 2.54 bits per heavy atom. The van der Waals surface area contributed by atoms with Crippen molar-refractivity contribution in [1.29, 1.82) is 0 Å². The number of sulfonamides is 1. The van der Waals surface area contributed by atoms with Crippen molar-refractivity contribution in [2.45, 2.75) is 18.1 Å². The molecule has 0 N–H and O–H groups in total. The highest BCUT2D eigenvalue weighted by Crippen LogP contribution is 2.40. The van der Waals surface area contributed by atoms with Gasteiger partial charge < -0.3 is 0 Å². The van der Waals surface area contributed by atoms with E-state index >= 15 is 0 Å². The van der Waals surface area contributed by atoms with E-state index in [9.17, 15) is 8.42 Å². The van der Waals surface area contributed by atoms with Gasteiger partial charge in [-0.15, -0.1) is 0 Å². The first-order valence-electron chi connectivity index (χ1n) is 8.73. The highest BCUT2D eigenvalue weighted by molar-refractivity contribution is 7.94. The third-order valence-corrected chi connectivity index (χ3v) is 7.47. The average Bonchev–Trinajstić information content (AvgIpc) is 2.68. The molecule has 0 aromatic heterocycles. The predicted molar refractivity (Wildman–Crippen MR) is 108 cm³/mol. The summed E-state index contributed by atoms with van der Waals surface area (Å²) in [5.41, 5.74) is 3.79. The summed E-state index contributed by atoms with van der Waals surface area (Å²) in [6.45, 7) is 2.18. The van der Waals surface area contributed by atoms with Crippen LogP contribution in [0.5, 0.6) is 0 Å². The molecule has 4 rings (SSSR count). The molecule has 2 aliphatic rings. The van der Waals surface area contributed by atoms with Gasteiger partial charge >= 0.3 is 0 Å². The summed E-state index contributed by atoms with van der Waals surface area (Å²) >= 11 is 0. The third kappa shape index (κ3) is 2.71. The molecule has 0 bridgehead atoms. The van der Waals surface area contributed by atoms with Gasteiger partial charge in [-0.05, 0) is 36.1 Å². The monoisotopic (exact) mass is 363 g/mol. The van der Waals surface area contributed by atoms with Crippen LogP contribution < -0.4 is 4.31 Å². The molecule has 0 saturated carbocycles. The summed E-state index contributed by atoms with van der Waals surface area (Å²) in [5, 5.41) is 0. The van der Waals surface area contributed by atoms with E-state index in [0.717, 1.165) is 22.4 Å². The molecule has 1 unspecified atom stereocenters. The van der Waals surface area contributed by atoms with Gasteiger partial charge in [0.25, 0.3) is 0 Å². The van der Waals surface area contributed by atoms with Crippen molar-refractivity contribution in [2.75, 3.05) is 10.8 Å². The van der Waals surface area contributed by atoms with E-state index < -0.39 is 14.8 Å². The number of hydrogen-bond acceptors (Lipinski definition) is 2. The fourth-order valence-corrected chi connectivity index (χ4v) is 5.40. The Morgan fingerprint density at radius 1 is 1.00 bits per heavy atom. The molecule has 0 spiro atoms. The molecule has 26 heavy (non-hydrogen) atoms. The molecule has 2 aromatic carbocycles. The minimum atomic E-state index is -3.58. The third-order valence-electron chi connectivity index (χ3n) is 5.09. The van der Waals surface area contributed by atoms with E-state index in [-0.39, 0.29) is 0 Å². The van der Waals surface area contributed by atoms with E-state index in [1.54, 1.807) is 4.31 Å². The molecule has 1 atom stereocenters. The van der Waals surface area contributed by atoms with E-state index in [2.05, 4.69) is 0 Å². The molecule has 0 saturated heterocycles. The maximum Gasteiger partial charge on any atom is 0.244 e. The molecule has 2 aromatic rings. The fourth-order valence-electron chi connectivity index (χ4n) is 3.60. The minimum Gasteiger partial charge on any atom is -0.265 e. The second-order valence-electron chi connectivity index (χ2n) is 6.90. The van der Waals surface area contributed by atoms with Gasteiger partial charge in [0.2, 0.25) is 10.0 Å². The van der Waals surface area contributed by atoms with Crippen LogP contribution in [0, 0.1) is 0 Å². The Morgan fingerprint density at radius 2 is 1.73 bits per heavy atom. The van der Waals surface area contributed by atoms with Crippen LogP contribution in [0.3, 0.4) is 0 Å². The Hall–Kier alpha value is -2.59. The van der Waals surface area contributed by atoms with Gasteiger partial charge in [0.1, 0.15) is 4.75 Å². The summed E-state index contributed by atoms with van der Waals surface area (Å²) in [5.74, 6) is 0. The van der Waals surface area contributed by atoms with Crippen molar-refractivity contribution >= 4 is 27.4 Å². The van der Waals surface area contributed by atoms with Crippen LogP contribution in [0.2, 0.25) is 0 Å². The molecule has 1 aliphatic heterocycles. The van der Waals surface area contributed by atoms with Gasteiger partial charge in [0.15, 0.2) is 0 Å². The number of para-hydroxylation sites is 1. The predicted octanol–water partition coefficient (Wildman–Crippen LogP) is 4.65. The van der Waals surface area contributed by atoms with Gasteiger partial charge in [0, 0.05) is 0 Å². The largest absolute Gasteiger partial charge is 0.265 e. The highest BCUT2D eigenvalue weighted by Gasteiger charge is 2.43. The van der Waals surface area contributed by atoms with Gasteiger partial charge in [-0.2, -0.15) is 0 Å². The van der Waals surface area contributed by atoms with Crippen molar-refractivity contribution in [3.8, 4) is 0 Å². The van der Waals surface area contributed by atoms with E-state index in [4.69, 9.17) is 0 Å². The SMILES string of the molecule is CC1(S(=O)(=O)N2CC=Cc3ccccc32)C=CC=C(c2ccccc2)C1. The Bertz CT molecular complexity index is 1020. The van der Waals surface area contributed by atoms with E-state index in [0.29, 0.717) is 13.0 Å². The summed E-state index contributed by atoms with van der Waals surface area (Å²) in [4.78, 5) is 0. The first-order valence-corrected chi connectivity index (χ1v) is 10.2. The van der Waals surface area contributed by atoms with Crippen molar-refractivity contribution in [3.63, 3.8) is 0 Å². The molecule has 132 valence electrons. The quantitative estimate of drug-likeness (QED) is 0.796. The maximum atomic E-state index is 13.6. The fraction of sp³-hybridized carbons (Fsp3) is 0.182. The van der Waals surface area contributed by atoms with Crippen LogP contribution in [-0.4, -0.2) is 19.7 Å². The first kappa shape index (κ1) is 16.9. The van der Waals surface area contributed by atoms with Crippen LogP contribution in [0.25, 0.3) is 11.6 Å². The van der Waals surface area contributed by atoms with E-state index in [1.165, 1.54) is 0 Å². The summed E-state index contributed by atoms with van der Waals surface area (Å²) in [6, 6.07) is 17.6. The second-order valence-corrected chi connectivity index (χ2v) is 9.23. The van der Waals surface area contributed by atoms with E-state index in [1.807, 2.05) is 91.9 Å². The van der Waals surface area contributed by atoms with Crippen LogP contribution in [0.1, 0.15) is 24.5 Å². The maximum absolute atomic E-state index is 13.6. The normalized spacial score (nSPS) is 22.0. The van der Waals surface area contributed by atoms with Crippen molar-refractivity contribution in [2.24, 2.45) is 0 Å². The molecule has 4 heteroatoms. The number of fused-ring (bicyclic) bond motifs is 1. The zero-order valence-corrected chi connectivity index (χ0v) is 15.5. The number of allylic oxidation sites excluding steroid dienone is 3. The van der Waals surface area contributed by atoms with Crippen LogP contribution in [0.4, 0.5) is 5.69 Å².